The summed E-state index contributed by atoms with van der Waals surface area (Å²) < 4.78 is 0. The molecule has 1 aliphatic heterocycles. The quantitative estimate of drug-likeness (QED) is 0.627. The zero-order chi connectivity index (χ0) is 20.4. The first-order valence-corrected chi connectivity index (χ1v) is 9.98. The standard InChI is InChI=1S/C24H21ClN2O2/c1-16-5-2-3-7-21(16)26-23(28)19-10-13-22-18(15-19)6-4-14-27(22)24(29)17-8-11-20(25)12-9-17/h2-3,5,7-13,15H,4,6,14H2,1H3,(H,26,28). The van der Waals surface area contributed by atoms with Crippen molar-refractivity contribution in [3.63, 3.8) is 0 Å². The second kappa shape index (κ2) is 8.10. The average molecular weight is 405 g/mol. The van der Waals surface area contributed by atoms with Crippen molar-refractivity contribution in [1.82, 2.24) is 0 Å². The molecule has 0 unspecified atom stereocenters. The molecule has 0 saturated heterocycles. The molecule has 1 heterocycles. The molecule has 29 heavy (non-hydrogen) atoms. The van der Waals surface area contributed by atoms with Crippen LogP contribution >= 0.6 is 11.6 Å². The first-order valence-electron chi connectivity index (χ1n) is 9.60. The third-order valence-corrected chi connectivity index (χ3v) is 5.44. The Hall–Kier alpha value is -3.11. The van der Waals surface area contributed by atoms with Crippen molar-refractivity contribution in [1.29, 1.82) is 0 Å². The molecule has 1 aliphatic rings. The van der Waals surface area contributed by atoms with E-state index in [0.717, 1.165) is 35.3 Å². The lowest BCUT2D eigenvalue weighted by Gasteiger charge is -2.30. The molecule has 0 radical (unpaired) electrons. The van der Waals surface area contributed by atoms with Crippen LogP contribution < -0.4 is 10.2 Å². The van der Waals surface area contributed by atoms with Crippen molar-refractivity contribution in [2.24, 2.45) is 0 Å². The van der Waals surface area contributed by atoms with Gasteiger partial charge in [-0.3, -0.25) is 9.59 Å². The molecule has 0 saturated carbocycles. The van der Waals surface area contributed by atoms with E-state index in [1.807, 2.05) is 43.3 Å². The molecule has 4 nitrogen and oxygen atoms in total. The molecule has 0 aliphatic carbocycles. The van der Waals surface area contributed by atoms with Gasteiger partial charge in [-0.15, -0.1) is 0 Å². The molecule has 1 N–H and O–H groups in total. The largest absolute Gasteiger partial charge is 0.322 e. The van der Waals surface area contributed by atoms with Crippen molar-refractivity contribution in [2.45, 2.75) is 19.8 Å². The van der Waals surface area contributed by atoms with Crippen LogP contribution in [0.25, 0.3) is 0 Å². The highest BCUT2D eigenvalue weighted by atomic mass is 35.5. The number of rotatable bonds is 3. The van der Waals surface area contributed by atoms with Crippen LogP contribution in [0.4, 0.5) is 11.4 Å². The topological polar surface area (TPSA) is 49.4 Å². The third-order valence-electron chi connectivity index (χ3n) is 5.19. The number of hydrogen-bond donors (Lipinski definition) is 1. The van der Waals surface area contributed by atoms with E-state index in [9.17, 15) is 9.59 Å². The van der Waals surface area contributed by atoms with Gasteiger partial charge in [-0.05, 0) is 79.4 Å². The molecular weight excluding hydrogens is 384 g/mol. The van der Waals surface area contributed by atoms with Crippen LogP contribution in [-0.2, 0) is 6.42 Å². The van der Waals surface area contributed by atoms with E-state index < -0.39 is 0 Å². The Morgan fingerprint density at radius 3 is 2.45 bits per heavy atom. The van der Waals surface area contributed by atoms with E-state index in [1.54, 1.807) is 35.2 Å². The number of carbonyl (C=O) groups excluding carboxylic acids is 2. The van der Waals surface area contributed by atoms with Crippen molar-refractivity contribution in [3.05, 3.63) is 94.0 Å². The van der Waals surface area contributed by atoms with Crippen LogP contribution in [0.2, 0.25) is 5.02 Å². The fourth-order valence-electron chi connectivity index (χ4n) is 3.61. The van der Waals surface area contributed by atoms with Crippen molar-refractivity contribution < 1.29 is 9.59 Å². The van der Waals surface area contributed by atoms with Gasteiger partial charge in [0.05, 0.1) is 0 Å². The monoisotopic (exact) mass is 404 g/mol. The molecule has 0 bridgehead atoms. The Morgan fingerprint density at radius 2 is 1.69 bits per heavy atom. The van der Waals surface area contributed by atoms with Gasteiger partial charge >= 0.3 is 0 Å². The van der Waals surface area contributed by atoms with E-state index in [0.29, 0.717) is 22.7 Å². The minimum atomic E-state index is -0.150. The van der Waals surface area contributed by atoms with Crippen LogP contribution in [-0.4, -0.2) is 18.4 Å². The number of fused-ring (bicyclic) bond motifs is 1. The summed E-state index contributed by atoms with van der Waals surface area (Å²) in [5, 5.41) is 3.57. The third kappa shape index (κ3) is 4.03. The van der Waals surface area contributed by atoms with Gasteiger partial charge in [0, 0.05) is 34.1 Å². The number of nitrogens with zero attached hydrogens (tertiary/aromatic N) is 1. The van der Waals surface area contributed by atoms with Gasteiger partial charge in [-0.25, -0.2) is 0 Å². The van der Waals surface area contributed by atoms with E-state index >= 15 is 0 Å². The number of para-hydroxylation sites is 1. The van der Waals surface area contributed by atoms with E-state index in [4.69, 9.17) is 11.6 Å². The number of carbonyl (C=O) groups is 2. The fraction of sp³-hybridized carbons (Fsp3) is 0.167. The van der Waals surface area contributed by atoms with Gasteiger partial charge in [0.25, 0.3) is 11.8 Å². The lowest BCUT2D eigenvalue weighted by molar-refractivity contribution is 0.0984. The molecule has 3 aromatic rings. The molecule has 0 spiro atoms. The number of anilines is 2. The van der Waals surface area contributed by atoms with Crippen LogP contribution in [0, 0.1) is 6.92 Å². The van der Waals surface area contributed by atoms with E-state index in [2.05, 4.69) is 5.32 Å². The lowest BCUT2D eigenvalue weighted by Crippen LogP contribution is -2.35. The minimum Gasteiger partial charge on any atom is -0.322 e. The maximum absolute atomic E-state index is 13.0. The minimum absolute atomic E-state index is 0.0558. The summed E-state index contributed by atoms with van der Waals surface area (Å²) in [4.78, 5) is 27.5. The summed E-state index contributed by atoms with van der Waals surface area (Å²) in [5.41, 5.74) is 4.88. The summed E-state index contributed by atoms with van der Waals surface area (Å²) in [6.45, 7) is 2.62. The van der Waals surface area contributed by atoms with E-state index in [1.165, 1.54) is 0 Å². The first kappa shape index (κ1) is 19.2. The molecule has 0 aromatic heterocycles. The van der Waals surface area contributed by atoms with Crippen LogP contribution in [0.15, 0.2) is 66.7 Å². The second-order valence-corrected chi connectivity index (χ2v) is 7.62. The molecule has 4 rings (SSSR count). The Labute approximate surface area is 175 Å². The summed E-state index contributed by atoms with van der Waals surface area (Å²) in [7, 11) is 0. The summed E-state index contributed by atoms with van der Waals surface area (Å²) in [6, 6.07) is 20.1. The van der Waals surface area contributed by atoms with Gasteiger partial charge in [0.2, 0.25) is 0 Å². The van der Waals surface area contributed by atoms with Crippen molar-refractivity contribution >= 4 is 34.8 Å². The summed E-state index contributed by atoms with van der Waals surface area (Å²) in [6.07, 6.45) is 1.69. The molecule has 0 atom stereocenters. The summed E-state index contributed by atoms with van der Waals surface area (Å²) >= 11 is 5.94. The van der Waals surface area contributed by atoms with Crippen molar-refractivity contribution in [2.75, 3.05) is 16.8 Å². The van der Waals surface area contributed by atoms with Gasteiger partial charge in [0.1, 0.15) is 0 Å². The average Bonchev–Trinajstić information content (AvgIpc) is 2.74. The first-order chi connectivity index (χ1) is 14.0. The SMILES string of the molecule is Cc1ccccc1NC(=O)c1ccc2c(c1)CCCN2C(=O)c1ccc(Cl)cc1. The van der Waals surface area contributed by atoms with Crippen LogP contribution in [0.1, 0.15) is 38.3 Å². The maximum Gasteiger partial charge on any atom is 0.258 e. The number of halogens is 1. The smallest absolute Gasteiger partial charge is 0.258 e. The zero-order valence-corrected chi connectivity index (χ0v) is 16.9. The Kier molecular flexibility index (Phi) is 5.36. The molecule has 0 fully saturated rings. The van der Waals surface area contributed by atoms with Gasteiger partial charge in [-0.2, -0.15) is 0 Å². The normalized spacial score (nSPS) is 13.0. The summed E-state index contributed by atoms with van der Waals surface area (Å²) in [5.74, 6) is -0.206. The predicted octanol–water partition coefficient (Wildman–Crippen LogP) is 5.49. The van der Waals surface area contributed by atoms with Crippen LogP contribution in [0.3, 0.4) is 0 Å². The van der Waals surface area contributed by atoms with Gasteiger partial charge < -0.3 is 10.2 Å². The van der Waals surface area contributed by atoms with Crippen LogP contribution in [0.5, 0.6) is 0 Å². The Morgan fingerprint density at radius 1 is 0.966 bits per heavy atom. The highest BCUT2D eigenvalue weighted by Crippen LogP contribution is 2.30. The van der Waals surface area contributed by atoms with Gasteiger partial charge in [0.15, 0.2) is 0 Å². The second-order valence-electron chi connectivity index (χ2n) is 7.18. The Bertz CT molecular complexity index is 1080. The lowest BCUT2D eigenvalue weighted by atomic mass is 9.98. The highest BCUT2D eigenvalue weighted by Gasteiger charge is 2.24. The highest BCUT2D eigenvalue weighted by molar-refractivity contribution is 6.30. The number of hydrogen-bond acceptors (Lipinski definition) is 2. The Balaban J connectivity index is 1.58. The molecule has 146 valence electrons. The van der Waals surface area contributed by atoms with E-state index in [-0.39, 0.29) is 11.8 Å². The molecule has 2 amide bonds. The van der Waals surface area contributed by atoms with Gasteiger partial charge in [-0.1, -0.05) is 29.8 Å². The maximum atomic E-state index is 13.0. The number of benzene rings is 3. The number of amides is 2. The number of nitrogens with one attached hydrogen (secondary N) is 1. The fourth-order valence-corrected chi connectivity index (χ4v) is 3.73. The molecule has 3 aromatic carbocycles. The molecule has 5 heteroatoms. The molecular formula is C24H21ClN2O2. The zero-order valence-electron chi connectivity index (χ0n) is 16.1. The number of aryl methyl sites for hydroxylation is 2. The van der Waals surface area contributed by atoms with Crippen molar-refractivity contribution in [3.8, 4) is 0 Å². The predicted molar refractivity (Wildman–Crippen MR) is 117 cm³/mol.